The van der Waals surface area contributed by atoms with Crippen molar-refractivity contribution in [2.75, 3.05) is 19.8 Å². The Labute approximate surface area is 173 Å². The molecular weight excluding hydrogens is 400 g/mol. The van der Waals surface area contributed by atoms with E-state index in [4.69, 9.17) is 24.8 Å². The molecule has 0 aromatic heterocycles. The van der Waals surface area contributed by atoms with Gasteiger partial charge in [-0.15, -0.1) is 0 Å². The van der Waals surface area contributed by atoms with Crippen LogP contribution in [0.4, 0.5) is 0 Å². The lowest BCUT2D eigenvalue weighted by Gasteiger charge is -2.20. The average Bonchev–Trinajstić information content (AvgIpc) is 2.73. The van der Waals surface area contributed by atoms with Gasteiger partial charge in [-0.2, -0.15) is 0 Å². The zero-order valence-corrected chi connectivity index (χ0v) is 16.4. The van der Waals surface area contributed by atoms with Gasteiger partial charge < -0.3 is 29.9 Å². The van der Waals surface area contributed by atoms with Gasteiger partial charge in [-0.1, -0.05) is 0 Å². The highest BCUT2D eigenvalue weighted by molar-refractivity contribution is 5.99. The third-order valence-electron chi connectivity index (χ3n) is 4.19. The van der Waals surface area contributed by atoms with Crippen LogP contribution >= 0.6 is 0 Å². The van der Waals surface area contributed by atoms with E-state index in [1.165, 1.54) is 24.3 Å². The summed E-state index contributed by atoms with van der Waals surface area (Å²) in [6.07, 6.45) is -0.855. The SMILES string of the molecule is O=C(CC(C(=O)OC(=O)c1ccc(C(=O)O)cc1)C(O)CCCO)OCCCCO. The Morgan fingerprint density at radius 3 is 2.07 bits per heavy atom. The summed E-state index contributed by atoms with van der Waals surface area (Å²) in [5, 5.41) is 36.7. The number of carboxylic acid groups (broad SMARTS) is 1. The normalized spacial score (nSPS) is 12.6. The lowest BCUT2D eigenvalue weighted by molar-refractivity contribution is -0.156. The minimum atomic E-state index is -1.39. The minimum absolute atomic E-state index is 0.00441. The fourth-order valence-electron chi connectivity index (χ4n) is 2.49. The number of esters is 3. The molecule has 1 aromatic carbocycles. The van der Waals surface area contributed by atoms with E-state index >= 15 is 0 Å². The van der Waals surface area contributed by atoms with E-state index in [0.717, 1.165) is 0 Å². The van der Waals surface area contributed by atoms with Crippen LogP contribution in [0.1, 0.15) is 52.8 Å². The standard InChI is InChI=1S/C20H26O10/c21-9-1-2-11-29-17(24)12-15(16(23)4-3-10-22)20(28)30-19(27)14-7-5-13(6-8-14)18(25)26/h5-8,15-16,21-23H,1-4,9-12H2,(H,25,26). The van der Waals surface area contributed by atoms with E-state index in [1.54, 1.807) is 0 Å². The van der Waals surface area contributed by atoms with Crippen LogP contribution in [-0.4, -0.2) is 70.2 Å². The van der Waals surface area contributed by atoms with Crippen LogP contribution in [0, 0.1) is 5.92 Å². The van der Waals surface area contributed by atoms with Gasteiger partial charge in [0, 0.05) is 13.2 Å². The first-order valence-electron chi connectivity index (χ1n) is 9.45. The number of hydrogen-bond donors (Lipinski definition) is 4. The molecule has 0 spiro atoms. The first-order chi connectivity index (χ1) is 14.3. The molecule has 0 fully saturated rings. The van der Waals surface area contributed by atoms with Crippen molar-refractivity contribution in [2.45, 2.75) is 38.2 Å². The van der Waals surface area contributed by atoms with Crippen molar-refractivity contribution < 1.29 is 49.1 Å². The number of aliphatic hydroxyl groups excluding tert-OH is 3. The molecule has 0 aliphatic heterocycles. The Morgan fingerprint density at radius 2 is 1.50 bits per heavy atom. The topological polar surface area (TPSA) is 168 Å². The van der Waals surface area contributed by atoms with E-state index in [2.05, 4.69) is 0 Å². The molecule has 4 N–H and O–H groups in total. The molecule has 10 heteroatoms. The van der Waals surface area contributed by atoms with Gasteiger partial charge >= 0.3 is 23.9 Å². The lowest BCUT2D eigenvalue weighted by Crippen LogP contribution is -2.34. The zero-order chi connectivity index (χ0) is 22.5. The fourth-order valence-corrected chi connectivity index (χ4v) is 2.49. The molecule has 1 aromatic rings. The number of unbranched alkanes of at least 4 members (excludes halogenated alkanes) is 1. The van der Waals surface area contributed by atoms with Gasteiger partial charge in [-0.25, -0.2) is 9.59 Å². The molecule has 0 bridgehead atoms. The van der Waals surface area contributed by atoms with Gasteiger partial charge in [0.2, 0.25) is 0 Å². The summed E-state index contributed by atoms with van der Waals surface area (Å²) in [6, 6.07) is 4.68. The summed E-state index contributed by atoms with van der Waals surface area (Å²) in [7, 11) is 0. The number of hydrogen-bond acceptors (Lipinski definition) is 9. The van der Waals surface area contributed by atoms with Crippen LogP contribution in [0.15, 0.2) is 24.3 Å². The molecule has 0 radical (unpaired) electrons. The van der Waals surface area contributed by atoms with Crippen molar-refractivity contribution in [3.63, 3.8) is 0 Å². The average molecular weight is 426 g/mol. The molecule has 0 saturated carbocycles. The van der Waals surface area contributed by atoms with Crippen molar-refractivity contribution in [2.24, 2.45) is 5.92 Å². The van der Waals surface area contributed by atoms with E-state index in [1.807, 2.05) is 0 Å². The van der Waals surface area contributed by atoms with Crippen LogP contribution in [0.5, 0.6) is 0 Å². The van der Waals surface area contributed by atoms with Gasteiger partial charge in [-0.05, 0) is 49.9 Å². The summed E-state index contributed by atoms with van der Waals surface area (Å²) in [5.41, 5.74) is -0.136. The van der Waals surface area contributed by atoms with Gasteiger partial charge in [0.25, 0.3) is 0 Å². The Hall–Kier alpha value is -2.82. The Morgan fingerprint density at radius 1 is 0.900 bits per heavy atom. The number of aromatic carboxylic acids is 1. The molecule has 0 saturated heterocycles. The van der Waals surface area contributed by atoms with Crippen molar-refractivity contribution in [1.29, 1.82) is 0 Å². The summed E-state index contributed by atoms with van der Waals surface area (Å²) in [5.74, 6) is -5.55. The third kappa shape index (κ3) is 8.68. The second-order valence-electron chi connectivity index (χ2n) is 6.49. The Balaban J connectivity index is 2.78. The number of ether oxygens (including phenoxy) is 2. The van der Waals surface area contributed by atoms with Gasteiger partial charge in [0.1, 0.15) is 0 Å². The van der Waals surface area contributed by atoms with Crippen LogP contribution in [0.2, 0.25) is 0 Å². The molecule has 0 aliphatic carbocycles. The van der Waals surface area contributed by atoms with Crippen LogP contribution in [-0.2, 0) is 19.1 Å². The number of benzene rings is 1. The van der Waals surface area contributed by atoms with E-state index < -0.39 is 42.3 Å². The summed E-state index contributed by atoms with van der Waals surface area (Å²) < 4.78 is 9.70. The molecule has 1 rings (SSSR count). The molecule has 0 aliphatic rings. The van der Waals surface area contributed by atoms with Gasteiger partial charge in [0.05, 0.1) is 36.2 Å². The second kappa shape index (κ2) is 13.4. The maximum atomic E-state index is 12.4. The van der Waals surface area contributed by atoms with Gasteiger partial charge in [-0.3, -0.25) is 9.59 Å². The number of carbonyl (C=O) groups is 4. The molecule has 2 atom stereocenters. The number of aliphatic hydroxyl groups is 3. The minimum Gasteiger partial charge on any atom is -0.478 e. The number of carbonyl (C=O) groups excluding carboxylic acids is 3. The molecule has 0 heterocycles. The first-order valence-corrected chi connectivity index (χ1v) is 9.45. The molecule has 2 unspecified atom stereocenters. The zero-order valence-electron chi connectivity index (χ0n) is 16.4. The lowest BCUT2D eigenvalue weighted by atomic mass is 9.95. The summed E-state index contributed by atoms with van der Waals surface area (Å²) >= 11 is 0. The second-order valence-corrected chi connectivity index (χ2v) is 6.49. The first kappa shape index (κ1) is 25.2. The maximum absolute atomic E-state index is 12.4. The predicted molar refractivity (Wildman–Crippen MR) is 102 cm³/mol. The summed E-state index contributed by atoms with van der Waals surface area (Å²) in [6.45, 7) is -0.260. The van der Waals surface area contributed by atoms with Crippen molar-refractivity contribution in [3.8, 4) is 0 Å². The summed E-state index contributed by atoms with van der Waals surface area (Å²) in [4.78, 5) is 47.4. The molecule has 30 heavy (non-hydrogen) atoms. The van der Waals surface area contributed by atoms with Crippen LogP contribution < -0.4 is 0 Å². The van der Waals surface area contributed by atoms with Crippen molar-refractivity contribution >= 4 is 23.9 Å². The van der Waals surface area contributed by atoms with Crippen molar-refractivity contribution in [1.82, 2.24) is 0 Å². The van der Waals surface area contributed by atoms with E-state index in [9.17, 15) is 24.3 Å². The highest BCUT2D eigenvalue weighted by Crippen LogP contribution is 2.18. The van der Waals surface area contributed by atoms with Crippen LogP contribution in [0.25, 0.3) is 0 Å². The molecule has 10 nitrogen and oxygen atoms in total. The van der Waals surface area contributed by atoms with E-state index in [-0.39, 0.29) is 43.8 Å². The maximum Gasteiger partial charge on any atom is 0.345 e. The molecule has 0 amide bonds. The monoisotopic (exact) mass is 426 g/mol. The quantitative estimate of drug-likeness (QED) is 0.198. The van der Waals surface area contributed by atoms with Gasteiger partial charge in [0.15, 0.2) is 0 Å². The number of carboxylic acids is 1. The van der Waals surface area contributed by atoms with Crippen LogP contribution in [0.3, 0.4) is 0 Å². The van der Waals surface area contributed by atoms with Crippen molar-refractivity contribution in [3.05, 3.63) is 35.4 Å². The fraction of sp³-hybridized carbons (Fsp3) is 0.500. The predicted octanol–water partition coefficient (Wildman–Crippen LogP) is 0.524. The highest BCUT2D eigenvalue weighted by atomic mass is 16.6. The Kier molecular flexibility index (Phi) is 11.3. The molecular formula is C20H26O10. The number of rotatable bonds is 13. The molecule has 166 valence electrons. The Bertz CT molecular complexity index is 713. The smallest absolute Gasteiger partial charge is 0.345 e. The third-order valence-corrected chi connectivity index (χ3v) is 4.19. The van der Waals surface area contributed by atoms with E-state index in [0.29, 0.717) is 12.8 Å². The largest absolute Gasteiger partial charge is 0.478 e. The highest BCUT2D eigenvalue weighted by Gasteiger charge is 2.33.